The minimum atomic E-state index is 0.398. The summed E-state index contributed by atoms with van der Waals surface area (Å²) >= 11 is 6.15. The van der Waals surface area contributed by atoms with Gasteiger partial charge in [0.1, 0.15) is 12.4 Å². The van der Waals surface area contributed by atoms with Gasteiger partial charge in [0.2, 0.25) is 0 Å². The second-order valence-corrected chi connectivity index (χ2v) is 5.34. The third-order valence-electron chi connectivity index (χ3n) is 3.16. The molecule has 0 saturated carbocycles. The third kappa shape index (κ3) is 3.12. The molecule has 2 rings (SSSR count). The van der Waals surface area contributed by atoms with E-state index in [1.54, 1.807) is 12.1 Å². The van der Waals surface area contributed by atoms with Crippen LogP contribution in [-0.2, 0) is 6.61 Å². The SMILES string of the molecule is Cc1cc(C)c(OCc2ccc(C#N)cc2Cl)c(C)c1. The summed E-state index contributed by atoms with van der Waals surface area (Å²) in [6.07, 6.45) is 0. The summed E-state index contributed by atoms with van der Waals surface area (Å²) in [4.78, 5) is 0. The smallest absolute Gasteiger partial charge is 0.125 e. The molecule has 0 saturated heterocycles. The first-order chi connectivity index (χ1) is 9.51. The van der Waals surface area contributed by atoms with Crippen molar-refractivity contribution in [3.05, 3.63) is 63.2 Å². The molecule has 0 amide bonds. The van der Waals surface area contributed by atoms with Crippen LogP contribution in [0.25, 0.3) is 0 Å². The number of nitriles is 1. The van der Waals surface area contributed by atoms with Crippen molar-refractivity contribution in [2.45, 2.75) is 27.4 Å². The quantitative estimate of drug-likeness (QED) is 0.818. The van der Waals surface area contributed by atoms with Crippen LogP contribution in [0.5, 0.6) is 5.75 Å². The highest BCUT2D eigenvalue weighted by Gasteiger charge is 2.07. The van der Waals surface area contributed by atoms with Crippen molar-refractivity contribution in [2.75, 3.05) is 0 Å². The van der Waals surface area contributed by atoms with Crippen molar-refractivity contribution >= 4 is 11.6 Å². The first-order valence-electron chi connectivity index (χ1n) is 6.40. The zero-order valence-electron chi connectivity index (χ0n) is 11.8. The number of hydrogen-bond donors (Lipinski definition) is 0. The van der Waals surface area contributed by atoms with Gasteiger partial charge < -0.3 is 4.74 Å². The van der Waals surface area contributed by atoms with Gasteiger partial charge in [-0.3, -0.25) is 0 Å². The monoisotopic (exact) mass is 285 g/mol. The molecule has 3 heteroatoms. The molecular formula is C17H16ClNO. The van der Waals surface area contributed by atoms with E-state index in [4.69, 9.17) is 21.6 Å². The maximum Gasteiger partial charge on any atom is 0.125 e. The Bertz CT molecular complexity index is 663. The van der Waals surface area contributed by atoms with Crippen molar-refractivity contribution in [3.63, 3.8) is 0 Å². The Kier molecular flexibility index (Phi) is 4.32. The van der Waals surface area contributed by atoms with Crippen molar-refractivity contribution in [2.24, 2.45) is 0 Å². The van der Waals surface area contributed by atoms with Gasteiger partial charge in [-0.05, 0) is 44.0 Å². The molecule has 0 heterocycles. The molecule has 20 heavy (non-hydrogen) atoms. The standard InChI is InChI=1S/C17H16ClNO/c1-11-6-12(2)17(13(3)7-11)20-10-15-5-4-14(9-19)8-16(15)18/h4-8H,10H2,1-3H3. The van der Waals surface area contributed by atoms with Crippen molar-refractivity contribution < 1.29 is 4.74 Å². The van der Waals surface area contributed by atoms with Crippen LogP contribution in [-0.4, -0.2) is 0 Å². The highest BCUT2D eigenvalue weighted by Crippen LogP contribution is 2.27. The first-order valence-corrected chi connectivity index (χ1v) is 6.78. The number of aryl methyl sites for hydroxylation is 3. The Morgan fingerprint density at radius 2 is 1.75 bits per heavy atom. The van der Waals surface area contributed by atoms with Crippen LogP contribution in [0.2, 0.25) is 5.02 Å². The van der Waals surface area contributed by atoms with Crippen LogP contribution in [0.1, 0.15) is 27.8 Å². The maximum absolute atomic E-state index is 8.82. The molecule has 2 aromatic rings. The van der Waals surface area contributed by atoms with Gasteiger partial charge in [0.05, 0.1) is 11.6 Å². The van der Waals surface area contributed by atoms with E-state index in [2.05, 4.69) is 25.1 Å². The molecule has 0 unspecified atom stereocenters. The molecular weight excluding hydrogens is 270 g/mol. The zero-order valence-corrected chi connectivity index (χ0v) is 12.6. The van der Waals surface area contributed by atoms with Crippen LogP contribution in [0.4, 0.5) is 0 Å². The minimum Gasteiger partial charge on any atom is -0.488 e. The van der Waals surface area contributed by atoms with Gasteiger partial charge in [0.15, 0.2) is 0 Å². The van der Waals surface area contributed by atoms with Crippen LogP contribution < -0.4 is 4.74 Å². The molecule has 0 aliphatic carbocycles. The number of benzene rings is 2. The summed E-state index contributed by atoms with van der Waals surface area (Å²) in [5, 5.41) is 9.38. The van der Waals surface area contributed by atoms with Crippen molar-refractivity contribution in [3.8, 4) is 11.8 Å². The van der Waals surface area contributed by atoms with Gasteiger partial charge in [0.25, 0.3) is 0 Å². The number of halogens is 1. The predicted octanol–water partition coefficient (Wildman–Crippen LogP) is 4.72. The largest absolute Gasteiger partial charge is 0.488 e. The average molecular weight is 286 g/mol. The van der Waals surface area contributed by atoms with E-state index in [0.29, 0.717) is 17.2 Å². The molecule has 0 spiro atoms. The lowest BCUT2D eigenvalue weighted by atomic mass is 10.1. The number of ether oxygens (including phenoxy) is 1. The van der Waals surface area contributed by atoms with E-state index in [-0.39, 0.29) is 0 Å². The van der Waals surface area contributed by atoms with Gasteiger partial charge in [-0.15, -0.1) is 0 Å². The van der Waals surface area contributed by atoms with Gasteiger partial charge in [0, 0.05) is 10.6 Å². The number of hydrogen-bond acceptors (Lipinski definition) is 2. The van der Waals surface area contributed by atoms with E-state index in [0.717, 1.165) is 22.4 Å². The summed E-state index contributed by atoms with van der Waals surface area (Å²) in [5.41, 5.74) is 4.90. The molecule has 0 atom stereocenters. The Morgan fingerprint density at radius 3 is 2.30 bits per heavy atom. The molecule has 0 bridgehead atoms. The first kappa shape index (κ1) is 14.4. The van der Waals surface area contributed by atoms with E-state index in [1.165, 1.54) is 5.56 Å². The Balaban J connectivity index is 2.20. The fourth-order valence-corrected chi connectivity index (χ4v) is 2.51. The van der Waals surface area contributed by atoms with Gasteiger partial charge in [-0.25, -0.2) is 0 Å². The summed E-state index contributed by atoms with van der Waals surface area (Å²) in [6.45, 7) is 6.54. The Labute approximate surface area is 124 Å². The lowest BCUT2D eigenvalue weighted by Gasteiger charge is -2.14. The molecule has 102 valence electrons. The summed E-state index contributed by atoms with van der Waals surface area (Å²) < 4.78 is 5.90. The topological polar surface area (TPSA) is 33.0 Å². The predicted molar refractivity (Wildman–Crippen MR) is 81.2 cm³/mol. The number of rotatable bonds is 3. The summed E-state index contributed by atoms with van der Waals surface area (Å²) in [5.74, 6) is 0.899. The van der Waals surface area contributed by atoms with Gasteiger partial charge >= 0.3 is 0 Å². The molecule has 2 aromatic carbocycles. The van der Waals surface area contributed by atoms with E-state index in [1.807, 2.05) is 19.9 Å². The molecule has 2 nitrogen and oxygen atoms in total. The maximum atomic E-state index is 8.82. The normalized spacial score (nSPS) is 10.2. The fraction of sp³-hybridized carbons (Fsp3) is 0.235. The van der Waals surface area contributed by atoms with Crippen LogP contribution in [0.15, 0.2) is 30.3 Å². The molecule has 0 aliphatic rings. The van der Waals surface area contributed by atoms with Gasteiger partial charge in [-0.1, -0.05) is 35.4 Å². The fourth-order valence-electron chi connectivity index (χ4n) is 2.28. The molecule has 0 fully saturated rings. The lowest BCUT2D eigenvalue weighted by molar-refractivity contribution is 0.302. The van der Waals surface area contributed by atoms with E-state index < -0.39 is 0 Å². The average Bonchev–Trinajstić information content (AvgIpc) is 2.39. The molecule has 0 N–H and O–H groups in total. The van der Waals surface area contributed by atoms with Crippen molar-refractivity contribution in [1.82, 2.24) is 0 Å². The summed E-state index contributed by atoms with van der Waals surface area (Å²) in [6, 6.07) is 11.5. The van der Waals surface area contributed by atoms with E-state index in [9.17, 15) is 0 Å². The third-order valence-corrected chi connectivity index (χ3v) is 3.51. The zero-order chi connectivity index (χ0) is 14.7. The molecule has 0 aromatic heterocycles. The van der Waals surface area contributed by atoms with Crippen molar-refractivity contribution in [1.29, 1.82) is 5.26 Å². The number of nitrogens with zero attached hydrogens (tertiary/aromatic N) is 1. The van der Waals surface area contributed by atoms with Gasteiger partial charge in [-0.2, -0.15) is 5.26 Å². The lowest BCUT2D eigenvalue weighted by Crippen LogP contribution is -2.00. The summed E-state index contributed by atoms with van der Waals surface area (Å²) in [7, 11) is 0. The molecule has 0 radical (unpaired) electrons. The Hall–Kier alpha value is -1.98. The van der Waals surface area contributed by atoms with E-state index >= 15 is 0 Å². The second kappa shape index (κ2) is 5.98. The van der Waals surface area contributed by atoms with Crippen LogP contribution >= 0.6 is 11.6 Å². The highest BCUT2D eigenvalue weighted by molar-refractivity contribution is 6.31. The van der Waals surface area contributed by atoms with Crippen LogP contribution in [0, 0.1) is 32.1 Å². The highest BCUT2D eigenvalue weighted by atomic mass is 35.5. The van der Waals surface area contributed by atoms with Crippen LogP contribution in [0.3, 0.4) is 0 Å². The second-order valence-electron chi connectivity index (χ2n) is 4.93. The molecule has 0 aliphatic heterocycles. The Morgan fingerprint density at radius 1 is 1.10 bits per heavy atom. The minimum absolute atomic E-state index is 0.398.